The van der Waals surface area contributed by atoms with E-state index in [-0.39, 0.29) is 12.2 Å². The van der Waals surface area contributed by atoms with Crippen LogP contribution in [0.2, 0.25) is 0 Å². The van der Waals surface area contributed by atoms with Gasteiger partial charge in [-0.2, -0.15) is 0 Å². The molecule has 0 amide bonds. The van der Waals surface area contributed by atoms with Gasteiger partial charge < -0.3 is 14.2 Å². The summed E-state index contributed by atoms with van der Waals surface area (Å²) < 4.78 is 18.6. The molecule has 2 heterocycles. The Labute approximate surface area is 219 Å². The highest BCUT2D eigenvalue weighted by Gasteiger charge is 2.33. The van der Waals surface area contributed by atoms with Gasteiger partial charge in [-0.25, -0.2) is 9.79 Å². The van der Waals surface area contributed by atoms with E-state index in [1.807, 2.05) is 48.5 Å². The summed E-state index contributed by atoms with van der Waals surface area (Å²) in [5, 5.41) is 0. The van der Waals surface area contributed by atoms with Crippen molar-refractivity contribution in [2.75, 3.05) is 19.8 Å². The van der Waals surface area contributed by atoms with E-state index in [4.69, 9.17) is 14.2 Å². The summed E-state index contributed by atoms with van der Waals surface area (Å²) in [5.74, 6) is 0.841. The van der Waals surface area contributed by atoms with E-state index < -0.39 is 12.0 Å². The number of rotatable bonds is 10. The second kappa shape index (κ2) is 11.7. The maximum atomic E-state index is 13.7. The van der Waals surface area contributed by atoms with Gasteiger partial charge in [0.1, 0.15) is 24.7 Å². The van der Waals surface area contributed by atoms with Crippen molar-refractivity contribution in [1.29, 1.82) is 0 Å². The van der Waals surface area contributed by atoms with Crippen molar-refractivity contribution in [2.24, 2.45) is 4.99 Å². The third-order valence-electron chi connectivity index (χ3n) is 5.60. The van der Waals surface area contributed by atoms with Crippen LogP contribution in [-0.4, -0.2) is 30.4 Å². The molecule has 1 aliphatic heterocycles. The number of carbonyl (C=O) groups excluding carboxylic acids is 1. The Morgan fingerprint density at radius 1 is 1.08 bits per heavy atom. The van der Waals surface area contributed by atoms with Gasteiger partial charge in [-0.05, 0) is 55.3 Å². The zero-order chi connectivity index (χ0) is 26.4. The molecule has 0 saturated heterocycles. The quantitative estimate of drug-likeness (QED) is 0.301. The predicted octanol–water partition coefficient (Wildman–Crippen LogP) is 3.93. The average molecular weight is 517 g/mol. The Morgan fingerprint density at radius 3 is 2.46 bits per heavy atom. The zero-order valence-electron chi connectivity index (χ0n) is 20.8. The van der Waals surface area contributed by atoms with Crippen LogP contribution < -0.4 is 24.4 Å². The summed E-state index contributed by atoms with van der Waals surface area (Å²) >= 11 is 1.27. The molecule has 0 saturated carbocycles. The number of hydrogen-bond acceptors (Lipinski definition) is 7. The molecule has 3 aromatic rings. The minimum Gasteiger partial charge on any atom is -0.490 e. The lowest BCUT2D eigenvalue weighted by Crippen LogP contribution is -2.39. The van der Waals surface area contributed by atoms with Crippen molar-refractivity contribution in [3.8, 4) is 11.5 Å². The molecule has 0 aliphatic carbocycles. The van der Waals surface area contributed by atoms with Gasteiger partial charge in [-0.3, -0.25) is 9.36 Å². The molecule has 0 bridgehead atoms. The molecule has 1 aliphatic rings. The average Bonchev–Trinajstić information content (AvgIpc) is 3.20. The lowest BCUT2D eigenvalue weighted by molar-refractivity contribution is -0.139. The molecule has 4 rings (SSSR count). The number of thiazole rings is 1. The van der Waals surface area contributed by atoms with Gasteiger partial charge in [-0.15, -0.1) is 0 Å². The fourth-order valence-electron chi connectivity index (χ4n) is 4.01. The number of nitrogens with zero attached hydrogens (tertiary/aromatic N) is 2. The number of hydrogen-bond donors (Lipinski definition) is 0. The summed E-state index contributed by atoms with van der Waals surface area (Å²) in [6.45, 7) is 11.8. The van der Waals surface area contributed by atoms with E-state index >= 15 is 0 Å². The maximum Gasteiger partial charge on any atom is 0.338 e. The minimum absolute atomic E-state index is 0.214. The molecule has 37 heavy (non-hydrogen) atoms. The summed E-state index contributed by atoms with van der Waals surface area (Å²) in [6.07, 6.45) is 5.14. The Morgan fingerprint density at radius 2 is 1.78 bits per heavy atom. The van der Waals surface area contributed by atoms with Gasteiger partial charge in [0.15, 0.2) is 4.80 Å². The first-order chi connectivity index (χ1) is 18.0. The fraction of sp³-hybridized carbons (Fsp3) is 0.207. The van der Waals surface area contributed by atoms with Gasteiger partial charge in [0.25, 0.3) is 5.56 Å². The third kappa shape index (κ3) is 5.65. The van der Waals surface area contributed by atoms with E-state index in [0.29, 0.717) is 45.3 Å². The first-order valence-corrected chi connectivity index (χ1v) is 12.7. The monoisotopic (exact) mass is 516 g/mol. The van der Waals surface area contributed by atoms with Crippen LogP contribution in [-0.2, 0) is 9.53 Å². The lowest BCUT2D eigenvalue weighted by atomic mass is 9.96. The molecule has 1 aromatic heterocycles. The first-order valence-electron chi connectivity index (χ1n) is 11.8. The van der Waals surface area contributed by atoms with Gasteiger partial charge in [-0.1, -0.05) is 60.9 Å². The third-order valence-corrected chi connectivity index (χ3v) is 6.59. The highest BCUT2D eigenvalue weighted by atomic mass is 32.1. The Hall–Kier alpha value is -4.17. The molecule has 0 radical (unpaired) electrons. The van der Waals surface area contributed by atoms with E-state index in [9.17, 15) is 9.59 Å². The topological polar surface area (TPSA) is 79.1 Å². The number of allylic oxidation sites excluding steroid dienone is 1. The summed E-state index contributed by atoms with van der Waals surface area (Å²) in [4.78, 5) is 31.9. The van der Waals surface area contributed by atoms with Gasteiger partial charge in [0.05, 0.1) is 28.5 Å². The number of carbonyl (C=O) groups is 1. The van der Waals surface area contributed by atoms with Crippen LogP contribution in [0.5, 0.6) is 11.5 Å². The number of aromatic nitrogens is 1. The van der Waals surface area contributed by atoms with Crippen LogP contribution in [0.3, 0.4) is 0 Å². The van der Waals surface area contributed by atoms with Crippen molar-refractivity contribution in [3.63, 3.8) is 0 Å². The molecule has 0 N–H and O–H groups in total. The SMILES string of the molecule is C=CCOc1ccc([C@H]2C(C(=O)OCC)=C(C)N=c3s/c(=C\c4cccc(OCC=C)c4)c(=O)n32)cc1. The van der Waals surface area contributed by atoms with Crippen LogP contribution in [0.1, 0.15) is 31.0 Å². The van der Waals surface area contributed by atoms with Crippen LogP contribution in [0, 0.1) is 0 Å². The Kier molecular flexibility index (Phi) is 8.20. The Balaban J connectivity index is 1.84. The maximum absolute atomic E-state index is 13.7. The van der Waals surface area contributed by atoms with E-state index in [1.54, 1.807) is 36.6 Å². The van der Waals surface area contributed by atoms with E-state index in [0.717, 1.165) is 11.1 Å². The molecule has 1 atom stereocenters. The van der Waals surface area contributed by atoms with Crippen LogP contribution in [0.25, 0.3) is 6.08 Å². The summed E-state index contributed by atoms with van der Waals surface area (Å²) in [5.41, 5.74) is 2.17. The van der Waals surface area contributed by atoms with Crippen molar-refractivity contribution in [3.05, 3.63) is 116 Å². The summed E-state index contributed by atoms with van der Waals surface area (Å²) in [6, 6.07) is 14.1. The molecular weight excluding hydrogens is 488 g/mol. The van der Waals surface area contributed by atoms with Crippen molar-refractivity contribution in [1.82, 2.24) is 4.57 Å². The first kappa shape index (κ1) is 25.9. The highest BCUT2D eigenvalue weighted by Crippen LogP contribution is 2.31. The van der Waals surface area contributed by atoms with Crippen molar-refractivity contribution in [2.45, 2.75) is 19.9 Å². The van der Waals surface area contributed by atoms with Crippen molar-refractivity contribution >= 4 is 23.4 Å². The Bertz CT molecular complexity index is 1530. The molecule has 7 nitrogen and oxygen atoms in total. The molecule has 190 valence electrons. The van der Waals surface area contributed by atoms with Gasteiger partial charge in [0.2, 0.25) is 0 Å². The number of ether oxygens (including phenoxy) is 3. The number of fused-ring (bicyclic) bond motifs is 1. The molecule has 0 fully saturated rings. The van der Waals surface area contributed by atoms with Crippen LogP contribution >= 0.6 is 11.3 Å². The minimum atomic E-state index is -0.687. The predicted molar refractivity (Wildman–Crippen MR) is 145 cm³/mol. The molecule has 2 aromatic carbocycles. The van der Waals surface area contributed by atoms with E-state index in [1.165, 1.54) is 11.3 Å². The highest BCUT2D eigenvalue weighted by molar-refractivity contribution is 7.07. The number of esters is 1. The van der Waals surface area contributed by atoms with Gasteiger partial charge in [0, 0.05) is 0 Å². The van der Waals surface area contributed by atoms with Crippen molar-refractivity contribution < 1.29 is 19.0 Å². The normalized spacial score (nSPS) is 15.0. The summed E-state index contributed by atoms with van der Waals surface area (Å²) in [7, 11) is 0. The number of benzene rings is 2. The largest absolute Gasteiger partial charge is 0.490 e. The fourth-order valence-corrected chi connectivity index (χ4v) is 5.06. The molecule has 8 heteroatoms. The van der Waals surface area contributed by atoms with Crippen LogP contribution in [0.4, 0.5) is 0 Å². The van der Waals surface area contributed by atoms with E-state index in [2.05, 4.69) is 18.2 Å². The molecule has 0 unspecified atom stereocenters. The lowest BCUT2D eigenvalue weighted by Gasteiger charge is -2.24. The smallest absolute Gasteiger partial charge is 0.338 e. The zero-order valence-corrected chi connectivity index (χ0v) is 21.6. The second-order valence-electron chi connectivity index (χ2n) is 8.14. The van der Waals surface area contributed by atoms with Crippen LogP contribution in [0.15, 0.2) is 94.9 Å². The second-order valence-corrected chi connectivity index (χ2v) is 9.15. The molecular formula is C29H28N2O5S. The molecule has 0 spiro atoms. The van der Waals surface area contributed by atoms with Gasteiger partial charge >= 0.3 is 5.97 Å². The standard InChI is InChI=1S/C29H28N2O5S/c1-5-15-35-22-13-11-21(12-14-22)26-25(28(33)34-7-3)19(4)30-29-31(26)27(32)24(37-29)18-20-9-8-10-23(17-20)36-16-6-2/h5-6,8-14,17-18,26H,1-2,7,15-16H2,3-4H3/b24-18-/t26-/m0/s1.